The number of aromatic nitrogens is 4. The Kier molecular flexibility index (Phi) is 4.68. The number of hydrogen-bond donors (Lipinski definition) is 1. The van der Waals surface area contributed by atoms with E-state index < -0.39 is 0 Å². The van der Waals surface area contributed by atoms with Gasteiger partial charge in [0.05, 0.1) is 11.3 Å². The highest BCUT2D eigenvalue weighted by molar-refractivity contribution is 7.99. The smallest absolute Gasteiger partial charge is 0.277 e. The molecule has 0 atom stereocenters. The molecule has 1 amide bonds. The summed E-state index contributed by atoms with van der Waals surface area (Å²) < 4.78 is 5.56. The molecule has 1 N–H and O–H groups in total. The van der Waals surface area contributed by atoms with Gasteiger partial charge in [0, 0.05) is 23.5 Å². The summed E-state index contributed by atoms with van der Waals surface area (Å²) in [7, 11) is 0. The maximum Gasteiger partial charge on any atom is 0.277 e. The zero-order valence-corrected chi connectivity index (χ0v) is 14.1. The van der Waals surface area contributed by atoms with Crippen LogP contribution in [0.4, 0.5) is 5.13 Å². The van der Waals surface area contributed by atoms with Crippen LogP contribution in [0.2, 0.25) is 0 Å². The van der Waals surface area contributed by atoms with Gasteiger partial charge in [0.2, 0.25) is 5.91 Å². The first-order valence-electron chi connectivity index (χ1n) is 6.71. The number of thiazole rings is 1. The predicted octanol–water partition coefficient (Wildman–Crippen LogP) is 2.94. The first-order chi connectivity index (χ1) is 11.1. The van der Waals surface area contributed by atoms with Crippen molar-refractivity contribution in [3.63, 3.8) is 0 Å². The van der Waals surface area contributed by atoms with Gasteiger partial charge >= 0.3 is 0 Å². The van der Waals surface area contributed by atoms with Gasteiger partial charge in [0.1, 0.15) is 0 Å². The molecule has 3 aromatic heterocycles. The van der Waals surface area contributed by atoms with E-state index >= 15 is 0 Å². The highest BCUT2D eigenvalue weighted by atomic mass is 32.2. The number of rotatable bonds is 5. The zero-order valence-electron chi connectivity index (χ0n) is 12.4. The van der Waals surface area contributed by atoms with Gasteiger partial charge in [0.25, 0.3) is 11.1 Å². The van der Waals surface area contributed by atoms with Crippen LogP contribution in [0, 0.1) is 13.8 Å². The molecule has 0 fully saturated rings. The van der Waals surface area contributed by atoms with Gasteiger partial charge in [0.15, 0.2) is 5.13 Å². The highest BCUT2D eigenvalue weighted by Crippen LogP contribution is 2.25. The summed E-state index contributed by atoms with van der Waals surface area (Å²) in [6.07, 6.45) is 5.10. The van der Waals surface area contributed by atoms with Crippen LogP contribution in [0.25, 0.3) is 11.5 Å². The number of carbonyl (C=O) groups is 1. The Morgan fingerprint density at radius 1 is 1.35 bits per heavy atom. The molecule has 0 spiro atoms. The van der Waals surface area contributed by atoms with E-state index in [1.54, 1.807) is 18.6 Å². The van der Waals surface area contributed by atoms with Gasteiger partial charge in [-0.15, -0.1) is 21.5 Å². The second-order valence-corrected chi connectivity index (χ2v) is 6.84. The van der Waals surface area contributed by atoms with E-state index in [1.165, 1.54) is 23.1 Å². The lowest BCUT2D eigenvalue weighted by atomic mass is 10.2. The van der Waals surface area contributed by atoms with Crippen LogP contribution >= 0.6 is 23.1 Å². The highest BCUT2D eigenvalue weighted by Gasteiger charge is 2.13. The number of nitrogens with zero attached hydrogens (tertiary/aromatic N) is 4. The molecule has 23 heavy (non-hydrogen) atoms. The van der Waals surface area contributed by atoms with E-state index in [0.717, 1.165) is 16.0 Å². The topological polar surface area (TPSA) is 93.8 Å². The molecule has 3 aromatic rings. The Bertz CT molecular complexity index is 830. The van der Waals surface area contributed by atoms with Crippen LogP contribution in [0.3, 0.4) is 0 Å². The average Bonchev–Trinajstić information content (AvgIpc) is 3.15. The molecule has 3 rings (SSSR count). The van der Waals surface area contributed by atoms with Gasteiger partial charge in [-0.05, 0) is 25.5 Å². The molecule has 0 aliphatic rings. The predicted molar refractivity (Wildman–Crippen MR) is 88.5 cm³/mol. The van der Waals surface area contributed by atoms with E-state index in [2.05, 4.69) is 25.5 Å². The Balaban J connectivity index is 1.59. The van der Waals surface area contributed by atoms with Crippen LogP contribution < -0.4 is 5.32 Å². The molecule has 0 aliphatic carbocycles. The minimum absolute atomic E-state index is 0.165. The van der Waals surface area contributed by atoms with Crippen molar-refractivity contribution in [3.05, 3.63) is 35.1 Å². The molecule has 118 valence electrons. The number of nitrogens with one attached hydrogen (secondary N) is 1. The first kappa shape index (κ1) is 15.6. The fourth-order valence-electron chi connectivity index (χ4n) is 1.76. The fraction of sp³-hybridized carbons (Fsp3) is 0.214. The molecule has 0 unspecified atom stereocenters. The number of aryl methyl sites for hydroxylation is 2. The molecule has 0 aliphatic heterocycles. The fourth-order valence-corrected chi connectivity index (χ4v) is 3.00. The molecular formula is C14H13N5O2S2. The Morgan fingerprint density at radius 2 is 2.22 bits per heavy atom. The van der Waals surface area contributed by atoms with Crippen molar-refractivity contribution in [2.75, 3.05) is 11.1 Å². The van der Waals surface area contributed by atoms with E-state index in [4.69, 9.17) is 4.42 Å². The minimum Gasteiger partial charge on any atom is -0.411 e. The van der Waals surface area contributed by atoms with Gasteiger partial charge in [-0.2, -0.15) is 0 Å². The summed E-state index contributed by atoms with van der Waals surface area (Å²) >= 11 is 2.61. The van der Waals surface area contributed by atoms with Crippen molar-refractivity contribution in [1.82, 2.24) is 20.2 Å². The molecule has 9 heteroatoms. The van der Waals surface area contributed by atoms with Crippen LogP contribution in [-0.4, -0.2) is 31.8 Å². The summed E-state index contributed by atoms with van der Waals surface area (Å²) in [4.78, 5) is 21.0. The summed E-state index contributed by atoms with van der Waals surface area (Å²) in [5, 5.41) is 11.6. The van der Waals surface area contributed by atoms with Gasteiger partial charge < -0.3 is 9.73 Å². The second kappa shape index (κ2) is 6.88. The summed E-state index contributed by atoms with van der Waals surface area (Å²) in [5.41, 5.74) is 1.78. The van der Waals surface area contributed by atoms with Gasteiger partial charge in [-0.3, -0.25) is 9.78 Å². The van der Waals surface area contributed by atoms with Crippen molar-refractivity contribution in [2.24, 2.45) is 0 Å². The number of amides is 1. The van der Waals surface area contributed by atoms with Crippen molar-refractivity contribution in [1.29, 1.82) is 0 Å². The molecular weight excluding hydrogens is 334 g/mol. The molecule has 3 heterocycles. The van der Waals surface area contributed by atoms with E-state index in [-0.39, 0.29) is 11.7 Å². The second-order valence-electron chi connectivity index (χ2n) is 4.68. The molecule has 0 saturated carbocycles. The number of carbonyl (C=O) groups excluding carboxylic acids is 1. The Hall–Kier alpha value is -2.26. The van der Waals surface area contributed by atoms with E-state index in [9.17, 15) is 4.79 Å². The summed E-state index contributed by atoms with van der Waals surface area (Å²) in [6, 6.07) is 1.87. The normalized spacial score (nSPS) is 10.7. The standard InChI is InChI=1S/C14H13N5O2S2/c1-8-3-4-15-6-10(8)12-18-19-14(21-12)22-7-11(20)17-13-16-5-9(2)23-13/h3-6H,7H2,1-2H3,(H,16,17,20). The van der Waals surface area contributed by atoms with Gasteiger partial charge in [-0.25, -0.2) is 4.98 Å². The van der Waals surface area contributed by atoms with Crippen molar-refractivity contribution < 1.29 is 9.21 Å². The molecule has 7 nitrogen and oxygen atoms in total. The Labute approximate surface area is 140 Å². The van der Waals surface area contributed by atoms with Gasteiger partial charge in [-0.1, -0.05) is 11.8 Å². The quantitative estimate of drug-likeness (QED) is 0.709. The number of anilines is 1. The number of pyridine rings is 1. The minimum atomic E-state index is -0.165. The zero-order chi connectivity index (χ0) is 16.2. The molecule has 0 radical (unpaired) electrons. The monoisotopic (exact) mass is 347 g/mol. The Morgan fingerprint density at radius 3 is 2.96 bits per heavy atom. The molecule has 0 aromatic carbocycles. The summed E-state index contributed by atoms with van der Waals surface area (Å²) in [6.45, 7) is 3.87. The number of thioether (sulfide) groups is 1. The molecule has 0 bridgehead atoms. The van der Waals surface area contributed by atoms with Crippen LogP contribution in [-0.2, 0) is 4.79 Å². The maximum absolute atomic E-state index is 11.9. The lowest BCUT2D eigenvalue weighted by Gasteiger charge is -1.99. The lowest BCUT2D eigenvalue weighted by molar-refractivity contribution is -0.113. The third-order valence-corrected chi connectivity index (χ3v) is 4.52. The number of hydrogen-bond acceptors (Lipinski definition) is 8. The van der Waals surface area contributed by atoms with Crippen LogP contribution in [0.15, 0.2) is 34.3 Å². The van der Waals surface area contributed by atoms with Crippen LogP contribution in [0.1, 0.15) is 10.4 Å². The van der Waals surface area contributed by atoms with Crippen LogP contribution in [0.5, 0.6) is 0 Å². The molecule has 0 saturated heterocycles. The van der Waals surface area contributed by atoms with E-state index in [1.807, 2.05) is 19.9 Å². The third-order valence-electron chi connectivity index (χ3n) is 2.87. The van der Waals surface area contributed by atoms with Crippen molar-refractivity contribution in [2.45, 2.75) is 19.1 Å². The lowest BCUT2D eigenvalue weighted by Crippen LogP contribution is -2.13. The largest absolute Gasteiger partial charge is 0.411 e. The maximum atomic E-state index is 11.9. The SMILES string of the molecule is Cc1cnc(NC(=O)CSc2nnc(-c3cnccc3C)o2)s1. The average molecular weight is 347 g/mol. The third kappa shape index (κ3) is 3.93. The van der Waals surface area contributed by atoms with E-state index in [0.29, 0.717) is 16.2 Å². The first-order valence-corrected chi connectivity index (χ1v) is 8.51. The summed E-state index contributed by atoms with van der Waals surface area (Å²) in [5.74, 6) is 0.405. The van der Waals surface area contributed by atoms with Crippen molar-refractivity contribution >= 4 is 34.1 Å². The van der Waals surface area contributed by atoms with Crippen molar-refractivity contribution in [3.8, 4) is 11.5 Å².